The second kappa shape index (κ2) is 6.79. The molecule has 0 radical (unpaired) electrons. The van der Waals surface area contributed by atoms with Crippen LogP contribution in [0.2, 0.25) is 10.0 Å². The second-order valence-corrected chi connectivity index (χ2v) is 6.27. The number of carbonyl (C=O) groups is 1. The van der Waals surface area contributed by atoms with E-state index in [1.54, 1.807) is 6.07 Å². The summed E-state index contributed by atoms with van der Waals surface area (Å²) >= 11 is 12.3. The maximum atomic E-state index is 11.2. The quantitative estimate of drug-likeness (QED) is 0.890. The molecule has 20 heavy (non-hydrogen) atoms. The summed E-state index contributed by atoms with van der Waals surface area (Å²) in [6, 6.07) is 6.22. The van der Waals surface area contributed by atoms with Crippen molar-refractivity contribution in [2.24, 2.45) is 11.7 Å². The molecule has 0 heterocycles. The molecule has 2 rings (SSSR count). The number of rotatable bonds is 4. The first-order valence-electron chi connectivity index (χ1n) is 6.98. The van der Waals surface area contributed by atoms with E-state index in [1.807, 2.05) is 12.1 Å². The SMILES string of the molecule is CC(NC1CCC(C(N)=O)CC1)c1cccc(Cl)c1Cl. The third-order valence-electron chi connectivity index (χ3n) is 4.06. The smallest absolute Gasteiger partial charge is 0.220 e. The van der Waals surface area contributed by atoms with Crippen molar-refractivity contribution in [3.63, 3.8) is 0 Å². The summed E-state index contributed by atoms with van der Waals surface area (Å²) in [6.45, 7) is 2.08. The minimum absolute atomic E-state index is 0.0399. The molecule has 5 heteroatoms. The Hall–Kier alpha value is -0.770. The van der Waals surface area contributed by atoms with E-state index in [-0.39, 0.29) is 17.9 Å². The van der Waals surface area contributed by atoms with E-state index in [0.717, 1.165) is 31.2 Å². The largest absolute Gasteiger partial charge is 0.369 e. The number of carbonyl (C=O) groups excluding carboxylic acids is 1. The number of benzene rings is 1. The molecule has 3 N–H and O–H groups in total. The molecule has 1 aromatic rings. The van der Waals surface area contributed by atoms with Crippen LogP contribution in [0.5, 0.6) is 0 Å². The standard InChI is InChI=1S/C15H20Cl2N2O/c1-9(12-3-2-4-13(16)14(12)17)19-11-7-5-10(6-8-11)15(18)20/h2-4,9-11,19H,5-8H2,1H3,(H2,18,20). The summed E-state index contributed by atoms with van der Waals surface area (Å²) < 4.78 is 0. The molecule has 3 nitrogen and oxygen atoms in total. The van der Waals surface area contributed by atoms with Gasteiger partial charge in [0, 0.05) is 18.0 Å². The van der Waals surface area contributed by atoms with Crippen LogP contribution in [-0.2, 0) is 4.79 Å². The summed E-state index contributed by atoms with van der Waals surface area (Å²) in [5, 5.41) is 4.76. The topological polar surface area (TPSA) is 55.1 Å². The lowest BCUT2D eigenvalue weighted by Crippen LogP contribution is -2.37. The number of amides is 1. The maximum absolute atomic E-state index is 11.2. The van der Waals surface area contributed by atoms with Gasteiger partial charge in [0.05, 0.1) is 10.0 Å². The summed E-state index contributed by atoms with van der Waals surface area (Å²) in [7, 11) is 0. The van der Waals surface area contributed by atoms with Crippen LogP contribution >= 0.6 is 23.2 Å². The number of hydrogen-bond donors (Lipinski definition) is 2. The molecule has 1 unspecified atom stereocenters. The highest BCUT2D eigenvalue weighted by Gasteiger charge is 2.26. The first kappa shape index (κ1) is 15.6. The van der Waals surface area contributed by atoms with Gasteiger partial charge in [-0.05, 0) is 44.2 Å². The predicted octanol–water partition coefficient (Wildman–Crippen LogP) is 3.69. The fourth-order valence-corrected chi connectivity index (χ4v) is 3.31. The Bertz CT molecular complexity index is 485. The van der Waals surface area contributed by atoms with E-state index in [2.05, 4.69) is 12.2 Å². The molecule has 1 amide bonds. The van der Waals surface area contributed by atoms with E-state index in [0.29, 0.717) is 16.1 Å². The molecule has 0 aromatic heterocycles. The Labute approximate surface area is 129 Å². The lowest BCUT2D eigenvalue weighted by molar-refractivity contribution is -0.122. The Morgan fingerprint density at radius 1 is 1.30 bits per heavy atom. The third-order valence-corrected chi connectivity index (χ3v) is 4.90. The molecule has 1 saturated carbocycles. The van der Waals surface area contributed by atoms with Crippen LogP contribution in [0.1, 0.15) is 44.2 Å². The summed E-state index contributed by atoms with van der Waals surface area (Å²) in [5.74, 6) is -0.132. The van der Waals surface area contributed by atoms with Crippen LogP contribution in [0.25, 0.3) is 0 Å². The number of halogens is 2. The van der Waals surface area contributed by atoms with Crippen molar-refractivity contribution in [3.8, 4) is 0 Å². The minimum Gasteiger partial charge on any atom is -0.369 e. The first-order valence-corrected chi connectivity index (χ1v) is 7.74. The zero-order chi connectivity index (χ0) is 14.7. The van der Waals surface area contributed by atoms with Crippen LogP contribution in [0.3, 0.4) is 0 Å². The van der Waals surface area contributed by atoms with Gasteiger partial charge in [0.15, 0.2) is 0 Å². The second-order valence-electron chi connectivity index (χ2n) is 5.48. The molecule has 0 aliphatic heterocycles. The summed E-state index contributed by atoms with van der Waals surface area (Å²) in [5.41, 5.74) is 6.36. The van der Waals surface area contributed by atoms with E-state index in [9.17, 15) is 4.79 Å². The lowest BCUT2D eigenvalue weighted by Gasteiger charge is -2.30. The van der Waals surface area contributed by atoms with Gasteiger partial charge in [-0.3, -0.25) is 4.79 Å². The van der Waals surface area contributed by atoms with Gasteiger partial charge in [0.25, 0.3) is 0 Å². The highest BCUT2D eigenvalue weighted by atomic mass is 35.5. The van der Waals surface area contributed by atoms with E-state index >= 15 is 0 Å². The van der Waals surface area contributed by atoms with E-state index in [4.69, 9.17) is 28.9 Å². The Morgan fingerprint density at radius 3 is 2.55 bits per heavy atom. The highest BCUT2D eigenvalue weighted by molar-refractivity contribution is 6.42. The molecule has 0 spiro atoms. The van der Waals surface area contributed by atoms with Crippen LogP contribution in [0, 0.1) is 5.92 Å². The van der Waals surface area contributed by atoms with E-state index in [1.165, 1.54) is 0 Å². The minimum atomic E-state index is -0.172. The molecule has 0 bridgehead atoms. The number of primary amides is 1. The fourth-order valence-electron chi connectivity index (χ4n) is 2.84. The van der Waals surface area contributed by atoms with Gasteiger partial charge in [-0.15, -0.1) is 0 Å². The fraction of sp³-hybridized carbons (Fsp3) is 0.533. The van der Waals surface area contributed by atoms with Gasteiger partial charge in [-0.25, -0.2) is 0 Å². The van der Waals surface area contributed by atoms with Crippen molar-refractivity contribution in [2.75, 3.05) is 0 Å². The van der Waals surface area contributed by atoms with Crippen molar-refractivity contribution < 1.29 is 4.79 Å². The average molecular weight is 315 g/mol. The summed E-state index contributed by atoms with van der Waals surface area (Å²) in [6.07, 6.45) is 3.66. The zero-order valence-corrected chi connectivity index (χ0v) is 13.0. The monoisotopic (exact) mass is 314 g/mol. The Balaban J connectivity index is 1.94. The predicted molar refractivity (Wildman–Crippen MR) is 83.0 cm³/mol. The van der Waals surface area contributed by atoms with Gasteiger partial charge in [0.1, 0.15) is 0 Å². The number of nitrogens with one attached hydrogen (secondary N) is 1. The molecular weight excluding hydrogens is 295 g/mol. The number of hydrogen-bond acceptors (Lipinski definition) is 2. The van der Waals surface area contributed by atoms with Crippen LogP contribution in [0.15, 0.2) is 18.2 Å². The Kier molecular flexibility index (Phi) is 5.30. The molecule has 110 valence electrons. The van der Waals surface area contributed by atoms with E-state index < -0.39 is 0 Å². The third kappa shape index (κ3) is 3.66. The molecule has 1 aromatic carbocycles. The van der Waals surface area contributed by atoms with Crippen molar-refractivity contribution >= 4 is 29.1 Å². The van der Waals surface area contributed by atoms with Gasteiger partial charge in [0.2, 0.25) is 5.91 Å². The van der Waals surface area contributed by atoms with Crippen LogP contribution in [0.4, 0.5) is 0 Å². The normalized spacial score (nSPS) is 24.4. The highest BCUT2D eigenvalue weighted by Crippen LogP contribution is 2.31. The molecule has 0 saturated heterocycles. The maximum Gasteiger partial charge on any atom is 0.220 e. The van der Waals surface area contributed by atoms with Gasteiger partial charge in [-0.2, -0.15) is 0 Å². The number of nitrogens with two attached hydrogens (primary N) is 1. The van der Waals surface area contributed by atoms with Crippen molar-refractivity contribution in [1.29, 1.82) is 0 Å². The van der Waals surface area contributed by atoms with Gasteiger partial charge >= 0.3 is 0 Å². The lowest BCUT2D eigenvalue weighted by atomic mass is 9.85. The molecule has 1 aliphatic rings. The van der Waals surface area contributed by atoms with Crippen molar-refractivity contribution in [3.05, 3.63) is 33.8 Å². The van der Waals surface area contributed by atoms with Crippen molar-refractivity contribution in [1.82, 2.24) is 5.32 Å². The average Bonchev–Trinajstić information content (AvgIpc) is 2.42. The van der Waals surface area contributed by atoms with Crippen molar-refractivity contribution in [2.45, 2.75) is 44.7 Å². The molecule has 1 atom stereocenters. The van der Waals surface area contributed by atoms with Crippen LogP contribution < -0.4 is 11.1 Å². The molecular formula is C15H20Cl2N2O. The molecule has 1 fully saturated rings. The zero-order valence-electron chi connectivity index (χ0n) is 11.5. The van der Waals surface area contributed by atoms with Gasteiger partial charge in [-0.1, -0.05) is 35.3 Å². The molecule has 1 aliphatic carbocycles. The summed E-state index contributed by atoms with van der Waals surface area (Å²) in [4.78, 5) is 11.2. The van der Waals surface area contributed by atoms with Gasteiger partial charge < -0.3 is 11.1 Å². The first-order chi connectivity index (χ1) is 9.49. The van der Waals surface area contributed by atoms with Crippen LogP contribution in [-0.4, -0.2) is 11.9 Å². The Morgan fingerprint density at radius 2 is 1.95 bits per heavy atom.